The van der Waals surface area contributed by atoms with Crippen LogP contribution >= 0.6 is 0 Å². The highest BCUT2D eigenvalue weighted by Crippen LogP contribution is 2.31. The second-order valence-electron chi connectivity index (χ2n) is 4.31. The summed E-state index contributed by atoms with van der Waals surface area (Å²) in [7, 11) is 1.66. The summed E-state index contributed by atoms with van der Waals surface area (Å²) in [6, 6.07) is 7.97. The maximum absolute atomic E-state index is 6.10. The minimum atomic E-state index is 0.106. The molecular weight excluding hydrogens is 214 g/mol. The molecule has 4 heteroatoms. The molecule has 1 aromatic carbocycles. The van der Waals surface area contributed by atoms with Crippen molar-refractivity contribution in [2.45, 2.75) is 18.9 Å². The Bertz CT molecular complexity index is 530. The Morgan fingerprint density at radius 2 is 2.12 bits per heavy atom. The standard InChI is InChI=1S/C13H15N3O/c1-17-11-5-3-10(4-6-11)16-13-9(8-15-16)2-7-12(13)14/h3-6,8,12H,2,7,14H2,1H3. The second kappa shape index (κ2) is 3.89. The number of aromatic nitrogens is 2. The molecule has 0 radical (unpaired) electrons. The first kappa shape index (κ1) is 10.4. The average molecular weight is 229 g/mol. The van der Waals surface area contributed by atoms with E-state index in [2.05, 4.69) is 5.10 Å². The van der Waals surface area contributed by atoms with Crippen molar-refractivity contribution in [2.75, 3.05) is 7.11 Å². The van der Waals surface area contributed by atoms with Crippen LogP contribution < -0.4 is 10.5 Å². The molecule has 1 aromatic heterocycles. The number of ether oxygens (including phenoxy) is 1. The third kappa shape index (κ3) is 1.61. The topological polar surface area (TPSA) is 53.1 Å². The minimum Gasteiger partial charge on any atom is -0.497 e. The van der Waals surface area contributed by atoms with Crippen molar-refractivity contribution >= 4 is 0 Å². The fourth-order valence-corrected chi connectivity index (χ4v) is 2.36. The normalized spacial score (nSPS) is 18.1. The van der Waals surface area contributed by atoms with Crippen LogP contribution in [0.4, 0.5) is 0 Å². The quantitative estimate of drug-likeness (QED) is 0.854. The molecule has 0 saturated carbocycles. The van der Waals surface area contributed by atoms with Crippen molar-refractivity contribution < 1.29 is 4.74 Å². The van der Waals surface area contributed by atoms with Crippen LogP contribution in [0.3, 0.4) is 0 Å². The minimum absolute atomic E-state index is 0.106. The van der Waals surface area contributed by atoms with E-state index in [-0.39, 0.29) is 6.04 Å². The van der Waals surface area contributed by atoms with Gasteiger partial charge in [0.2, 0.25) is 0 Å². The van der Waals surface area contributed by atoms with Crippen LogP contribution in [-0.2, 0) is 6.42 Å². The predicted octanol–water partition coefficient (Wildman–Crippen LogP) is 1.83. The number of methoxy groups -OCH3 is 1. The molecule has 0 saturated heterocycles. The molecule has 3 rings (SSSR count). The number of benzene rings is 1. The summed E-state index contributed by atoms with van der Waals surface area (Å²) < 4.78 is 7.08. The van der Waals surface area contributed by atoms with E-state index in [1.54, 1.807) is 7.11 Å². The molecule has 0 aliphatic heterocycles. The summed E-state index contributed by atoms with van der Waals surface area (Å²) in [6.07, 6.45) is 3.97. The van der Waals surface area contributed by atoms with E-state index in [1.807, 2.05) is 35.1 Å². The number of nitrogens with zero attached hydrogens (tertiary/aromatic N) is 2. The van der Waals surface area contributed by atoms with Crippen LogP contribution in [-0.4, -0.2) is 16.9 Å². The van der Waals surface area contributed by atoms with Gasteiger partial charge in [0.1, 0.15) is 5.75 Å². The third-order valence-electron chi connectivity index (χ3n) is 3.28. The summed E-state index contributed by atoms with van der Waals surface area (Å²) >= 11 is 0. The van der Waals surface area contributed by atoms with Gasteiger partial charge in [-0.1, -0.05) is 0 Å². The molecular formula is C13H15N3O. The number of rotatable bonds is 2. The molecule has 0 amide bonds. The Balaban J connectivity index is 2.04. The van der Waals surface area contributed by atoms with Crippen LogP contribution in [0.5, 0.6) is 5.75 Å². The zero-order chi connectivity index (χ0) is 11.8. The van der Waals surface area contributed by atoms with Crippen molar-refractivity contribution in [3.63, 3.8) is 0 Å². The van der Waals surface area contributed by atoms with E-state index in [1.165, 1.54) is 5.56 Å². The molecule has 2 N–H and O–H groups in total. The lowest BCUT2D eigenvalue weighted by Gasteiger charge is -2.10. The van der Waals surface area contributed by atoms with Crippen LogP contribution in [0.25, 0.3) is 5.69 Å². The molecule has 17 heavy (non-hydrogen) atoms. The second-order valence-corrected chi connectivity index (χ2v) is 4.31. The van der Waals surface area contributed by atoms with Gasteiger partial charge in [-0.3, -0.25) is 0 Å². The van der Waals surface area contributed by atoms with Crippen LogP contribution in [0.1, 0.15) is 23.7 Å². The van der Waals surface area contributed by atoms with Crippen LogP contribution in [0, 0.1) is 0 Å². The van der Waals surface area contributed by atoms with Gasteiger partial charge in [0.05, 0.1) is 24.7 Å². The smallest absolute Gasteiger partial charge is 0.119 e. The lowest BCUT2D eigenvalue weighted by Crippen LogP contribution is -2.12. The maximum Gasteiger partial charge on any atom is 0.119 e. The van der Waals surface area contributed by atoms with Crippen molar-refractivity contribution in [1.82, 2.24) is 9.78 Å². The van der Waals surface area contributed by atoms with Gasteiger partial charge >= 0.3 is 0 Å². The highest BCUT2D eigenvalue weighted by atomic mass is 16.5. The molecule has 4 nitrogen and oxygen atoms in total. The van der Waals surface area contributed by atoms with E-state index in [4.69, 9.17) is 10.5 Å². The van der Waals surface area contributed by atoms with E-state index >= 15 is 0 Å². The molecule has 88 valence electrons. The SMILES string of the molecule is COc1ccc(-n2ncc3c2C(N)CC3)cc1. The Kier molecular flexibility index (Phi) is 2.37. The summed E-state index contributed by atoms with van der Waals surface area (Å²) in [5, 5.41) is 4.41. The number of hydrogen-bond acceptors (Lipinski definition) is 3. The highest BCUT2D eigenvalue weighted by Gasteiger charge is 2.24. The number of fused-ring (bicyclic) bond motifs is 1. The first-order valence-electron chi connectivity index (χ1n) is 5.76. The lowest BCUT2D eigenvalue weighted by molar-refractivity contribution is 0.414. The fraction of sp³-hybridized carbons (Fsp3) is 0.308. The Hall–Kier alpha value is -1.81. The van der Waals surface area contributed by atoms with Gasteiger partial charge in [0.25, 0.3) is 0 Å². The van der Waals surface area contributed by atoms with E-state index in [0.29, 0.717) is 0 Å². The van der Waals surface area contributed by atoms with Crippen molar-refractivity contribution in [1.29, 1.82) is 0 Å². The summed E-state index contributed by atoms with van der Waals surface area (Å²) in [5.41, 5.74) is 9.55. The molecule has 0 spiro atoms. The van der Waals surface area contributed by atoms with Gasteiger partial charge in [-0.05, 0) is 42.7 Å². The predicted molar refractivity (Wildman–Crippen MR) is 65.4 cm³/mol. The highest BCUT2D eigenvalue weighted by molar-refractivity contribution is 5.41. The number of aryl methyl sites for hydroxylation is 1. The first-order valence-corrected chi connectivity index (χ1v) is 5.76. The Labute approximate surface area is 100 Å². The van der Waals surface area contributed by atoms with Gasteiger partial charge in [0, 0.05) is 6.04 Å². The Morgan fingerprint density at radius 3 is 2.82 bits per heavy atom. The molecule has 1 atom stereocenters. The summed E-state index contributed by atoms with van der Waals surface area (Å²) in [4.78, 5) is 0. The lowest BCUT2D eigenvalue weighted by atomic mass is 10.2. The van der Waals surface area contributed by atoms with Gasteiger partial charge in [-0.15, -0.1) is 0 Å². The van der Waals surface area contributed by atoms with Gasteiger partial charge < -0.3 is 10.5 Å². The largest absolute Gasteiger partial charge is 0.497 e. The van der Waals surface area contributed by atoms with Gasteiger partial charge in [-0.2, -0.15) is 5.10 Å². The monoisotopic (exact) mass is 229 g/mol. The van der Waals surface area contributed by atoms with Crippen LogP contribution in [0.2, 0.25) is 0 Å². The fourth-order valence-electron chi connectivity index (χ4n) is 2.36. The molecule has 1 unspecified atom stereocenters. The van der Waals surface area contributed by atoms with Crippen molar-refractivity contribution in [2.24, 2.45) is 5.73 Å². The Morgan fingerprint density at radius 1 is 1.35 bits per heavy atom. The molecule has 1 heterocycles. The summed E-state index contributed by atoms with van der Waals surface area (Å²) in [6.45, 7) is 0. The first-order chi connectivity index (χ1) is 8.29. The zero-order valence-corrected chi connectivity index (χ0v) is 9.76. The molecule has 2 aromatic rings. The molecule has 0 fully saturated rings. The van der Waals surface area contributed by atoms with Crippen LogP contribution in [0.15, 0.2) is 30.5 Å². The van der Waals surface area contributed by atoms with Crippen molar-refractivity contribution in [3.8, 4) is 11.4 Å². The van der Waals surface area contributed by atoms with E-state index in [0.717, 1.165) is 30.0 Å². The van der Waals surface area contributed by atoms with E-state index in [9.17, 15) is 0 Å². The number of nitrogens with two attached hydrogens (primary N) is 1. The molecule has 1 aliphatic rings. The summed E-state index contributed by atoms with van der Waals surface area (Å²) in [5.74, 6) is 0.849. The van der Waals surface area contributed by atoms with Gasteiger partial charge in [0.15, 0.2) is 0 Å². The van der Waals surface area contributed by atoms with Gasteiger partial charge in [-0.25, -0.2) is 4.68 Å². The molecule has 0 bridgehead atoms. The zero-order valence-electron chi connectivity index (χ0n) is 9.76. The number of hydrogen-bond donors (Lipinski definition) is 1. The average Bonchev–Trinajstić information content (AvgIpc) is 2.93. The van der Waals surface area contributed by atoms with Crippen molar-refractivity contribution in [3.05, 3.63) is 41.7 Å². The maximum atomic E-state index is 6.10. The molecule has 1 aliphatic carbocycles. The third-order valence-corrected chi connectivity index (χ3v) is 3.28. The van der Waals surface area contributed by atoms with E-state index < -0.39 is 0 Å².